The van der Waals surface area contributed by atoms with Crippen LogP contribution in [-0.2, 0) is 16.1 Å². The van der Waals surface area contributed by atoms with Crippen molar-refractivity contribution >= 4 is 17.4 Å². The third-order valence-electron chi connectivity index (χ3n) is 5.28. The first-order chi connectivity index (χ1) is 14.1. The molecule has 150 valence electrons. The zero-order chi connectivity index (χ0) is 20.4. The Morgan fingerprint density at radius 1 is 0.966 bits per heavy atom. The number of methoxy groups -OCH3 is 2. The van der Waals surface area contributed by atoms with Crippen LogP contribution in [0.3, 0.4) is 0 Å². The summed E-state index contributed by atoms with van der Waals surface area (Å²) in [5.74, 6) is 0.505. The van der Waals surface area contributed by atoms with Crippen molar-refractivity contribution in [3.63, 3.8) is 0 Å². The molecule has 0 saturated carbocycles. The second kappa shape index (κ2) is 7.95. The molecule has 2 aliphatic heterocycles. The number of likely N-dealkylation sites (tertiary alicyclic amines) is 1. The van der Waals surface area contributed by atoms with Gasteiger partial charge in [0.2, 0.25) is 0 Å². The summed E-state index contributed by atoms with van der Waals surface area (Å²) in [6.07, 6.45) is 3.67. The van der Waals surface area contributed by atoms with Crippen LogP contribution in [0, 0.1) is 0 Å². The number of pyridine rings is 1. The molecule has 2 aromatic rings. The number of carbonyl (C=O) groups is 2. The van der Waals surface area contributed by atoms with Gasteiger partial charge in [-0.3, -0.25) is 19.5 Å². The molecule has 2 aliphatic rings. The summed E-state index contributed by atoms with van der Waals surface area (Å²) in [6, 6.07) is 10.8. The third kappa shape index (κ3) is 3.44. The van der Waals surface area contributed by atoms with Crippen LogP contribution in [0.1, 0.15) is 24.1 Å². The quantitative estimate of drug-likeness (QED) is 0.702. The number of aromatic nitrogens is 1. The van der Waals surface area contributed by atoms with E-state index in [2.05, 4.69) is 4.98 Å². The van der Waals surface area contributed by atoms with Crippen molar-refractivity contribution < 1.29 is 19.1 Å². The Balaban J connectivity index is 1.77. The Labute approximate surface area is 169 Å². The van der Waals surface area contributed by atoms with Crippen LogP contribution in [-0.4, -0.2) is 53.9 Å². The smallest absolute Gasteiger partial charge is 0.278 e. The number of benzene rings is 1. The van der Waals surface area contributed by atoms with Gasteiger partial charge >= 0.3 is 0 Å². The fourth-order valence-corrected chi connectivity index (χ4v) is 3.85. The van der Waals surface area contributed by atoms with Crippen LogP contribution < -0.4 is 9.47 Å². The molecule has 0 atom stereocenters. The molecule has 1 aromatic carbocycles. The lowest BCUT2D eigenvalue weighted by Gasteiger charge is -2.20. The van der Waals surface area contributed by atoms with Crippen LogP contribution in [0.25, 0.3) is 5.57 Å². The molecule has 29 heavy (non-hydrogen) atoms. The number of ether oxygens (including phenoxy) is 2. The highest BCUT2D eigenvalue weighted by Gasteiger charge is 2.42. The highest BCUT2D eigenvalue weighted by Crippen LogP contribution is 2.37. The van der Waals surface area contributed by atoms with Crippen molar-refractivity contribution in [2.75, 3.05) is 27.3 Å². The second-order valence-electron chi connectivity index (χ2n) is 7.01. The number of hydrogen-bond acceptors (Lipinski definition) is 6. The van der Waals surface area contributed by atoms with Crippen molar-refractivity contribution in [1.82, 2.24) is 14.8 Å². The van der Waals surface area contributed by atoms with E-state index in [9.17, 15) is 9.59 Å². The zero-order valence-electron chi connectivity index (χ0n) is 16.6. The molecule has 0 radical (unpaired) electrons. The number of amides is 2. The fourth-order valence-electron chi connectivity index (χ4n) is 3.85. The van der Waals surface area contributed by atoms with E-state index in [1.54, 1.807) is 44.7 Å². The summed E-state index contributed by atoms with van der Waals surface area (Å²) in [6.45, 7) is 1.68. The van der Waals surface area contributed by atoms with E-state index in [0.717, 1.165) is 25.9 Å². The molecule has 1 saturated heterocycles. The zero-order valence-corrected chi connectivity index (χ0v) is 16.6. The van der Waals surface area contributed by atoms with Gasteiger partial charge in [0.05, 0.1) is 32.0 Å². The van der Waals surface area contributed by atoms with Gasteiger partial charge < -0.3 is 14.4 Å². The first-order valence-electron chi connectivity index (χ1n) is 9.61. The van der Waals surface area contributed by atoms with Gasteiger partial charge in [0.25, 0.3) is 11.8 Å². The maximum atomic E-state index is 13.4. The Morgan fingerprint density at radius 2 is 1.72 bits per heavy atom. The Hall–Kier alpha value is -3.35. The standard InChI is InChI=1S/C22H23N3O4/c1-28-17-9-8-15(13-18(17)29-2)19-20(24-11-5-6-12-24)22(27)25(21(19)26)14-16-7-3-4-10-23-16/h3-4,7-10,13H,5-6,11-12,14H2,1-2H3. The van der Waals surface area contributed by atoms with Gasteiger partial charge in [-0.25, -0.2) is 0 Å². The van der Waals surface area contributed by atoms with Gasteiger partial charge in [0.1, 0.15) is 5.70 Å². The molecule has 1 aromatic heterocycles. The lowest BCUT2D eigenvalue weighted by molar-refractivity contribution is -0.138. The summed E-state index contributed by atoms with van der Waals surface area (Å²) in [4.78, 5) is 34.2. The van der Waals surface area contributed by atoms with Crippen LogP contribution in [0.4, 0.5) is 0 Å². The summed E-state index contributed by atoms with van der Waals surface area (Å²) >= 11 is 0. The van der Waals surface area contributed by atoms with Crippen molar-refractivity contribution in [1.29, 1.82) is 0 Å². The van der Waals surface area contributed by atoms with Crippen LogP contribution in [0.5, 0.6) is 11.5 Å². The molecule has 3 heterocycles. The van der Waals surface area contributed by atoms with E-state index in [1.165, 1.54) is 4.90 Å². The van der Waals surface area contributed by atoms with Gasteiger partial charge in [0, 0.05) is 19.3 Å². The maximum absolute atomic E-state index is 13.4. The number of rotatable bonds is 6. The Kier molecular flexibility index (Phi) is 5.20. The van der Waals surface area contributed by atoms with Crippen LogP contribution >= 0.6 is 0 Å². The van der Waals surface area contributed by atoms with Gasteiger partial charge in [-0.05, 0) is 42.7 Å². The van der Waals surface area contributed by atoms with E-state index in [0.29, 0.717) is 34.0 Å². The van der Waals surface area contributed by atoms with E-state index in [1.807, 2.05) is 17.0 Å². The highest BCUT2D eigenvalue weighted by molar-refractivity contribution is 6.35. The summed E-state index contributed by atoms with van der Waals surface area (Å²) in [7, 11) is 3.11. The summed E-state index contributed by atoms with van der Waals surface area (Å²) < 4.78 is 10.7. The minimum absolute atomic E-state index is 0.145. The van der Waals surface area contributed by atoms with E-state index < -0.39 is 0 Å². The SMILES string of the molecule is COc1ccc(C2=C(N3CCCC3)C(=O)N(Cc3ccccn3)C2=O)cc1OC. The third-order valence-corrected chi connectivity index (χ3v) is 5.28. The molecule has 7 heteroatoms. The molecule has 2 amide bonds. The van der Waals surface area contributed by atoms with Gasteiger partial charge in [0.15, 0.2) is 11.5 Å². The van der Waals surface area contributed by atoms with Crippen molar-refractivity contribution in [3.8, 4) is 11.5 Å². The lowest BCUT2D eigenvalue weighted by atomic mass is 10.0. The lowest BCUT2D eigenvalue weighted by Crippen LogP contribution is -2.34. The minimum Gasteiger partial charge on any atom is -0.493 e. The van der Waals surface area contributed by atoms with E-state index in [4.69, 9.17) is 9.47 Å². The molecule has 7 nitrogen and oxygen atoms in total. The van der Waals surface area contributed by atoms with Gasteiger partial charge in [-0.2, -0.15) is 0 Å². The summed E-state index contributed by atoms with van der Waals surface area (Å²) in [5, 5.41) is 0. The van der Waals surface area contributed by atoms with Gasteiger partial charge in [-0.1, -0.05) is 12.1 Å². The average Bonchev–Trinajstić information content (AvgIpc) is 3.36. The average molecular weight is 393 g/mol. The number of nitrogens with zero attached hydrogens (tertiary/aromatic N) is 3. The largest absolute Gasteiger partial charge is 0.493 e. The predicted molar refractivity (Wildman–Crippen MR) is 107 cm³/mol. The predicted octanol–water partition coefficient (Wildman–Crippen LogP) is 2.47. The number of carbonyl (C=O) groups excluding carboxylic acids is 2. The molecule has 4 rings (SSSR count). The highest BCUT2D eigenvalue weighted by atomic mass is 16.5. The second-order valence-corrected chi connectivity index (χ2v) is 7.01. The van der Waals surface area contributed by atoms with Crippen molar-refractivity contribution in [3.05, 3.63) is 59.5 Å². The monoisotopic (exact) mass is 393 g/mol. The summed E-state index contributed by atoms with van der Waals surface area (Å²) in [5.41, 5.74) is 2.19. The molecule has 0 unspecified atom stereocenters. The molecule has 0 N–H and O–H groups in total. The topological polar surface area (TPSA) is 72.0 Å². The Morgan fingerprint density at radius 3 is 2.38 bits per heavy atom. The number of imide groups is 1. The molecule has 0 bridgehead atoms. The Bertz CT molecular complexity index is 965. The number of hydrogen-bond donors (Lipinski definition) is 0. The van der Waals surface area contributed by atoms with Crippen LogP contribution in [0.2, 0.25) is 0 Å². The van der Waals surface area contributed by atoms with Gasteiger partial charge in [-0.15, -0.1) is 0 Å². The van der Waals surface area contributed by atoms with Crippen molar-refractivity contribution in [2.24, 2.45) is 0 Å². The molecular formula is C22H23N3O4. The van der Waals surface area contributed by atoms with Crippen LogP contribution in [0.15, 0.2) is 48.3 Å². The minimum atomic E-state index is -0.310. The molecular weight excluding hydrogens is 370 g/mol. The molecule has 0 aliphatic carbocycles. The van der Waals surface area contributed by atoms with E-state index >= 15 is 0 Å². The molecule has 1 fully saturated rings. The maximum Gasteiger partial charge on any atom is 0.278 e. The fraction of sp³-hybridized carbons (Fsp3) is 0.318. The van der Waals surface area contributed by atoms with E-state index in [-0.39, 0.29) is 18.4 Å². The first kappa shape index (κ1) is 19.0. The first-order valence-corrected chi connectivity index (χ1v) is 9.61. The normalized spacial score (nSPS) is 16.8. The van der Waals surface area contributed by atoms with Crippen molar-refractivity contribution in [2.45, 2.75) is 19.4 Å². The molecule has 0 spiro atoms.